The number of sulfone groups is 1. The molecule has 0 saturated heterocycles. The first-order valence-corrected chi connectivity index (χ1v) is 12.1. The molecule has 0 spiro atoms. The Morgan fingerprint density at radius 2 is 1.73 bits per heavy atom. The van der Waals surface area contributed by atoms with Gasteiger partial charge in [0, 0.05) is 17.5 Å². The number of benzene rings is 2. The zero-order valence-electron chi connectivity index (χ0n) is 17.9. The van der Waals surface area contributed by atoms with Crippen LogP contribution in [0, 0.1) is 6.92 Å². The molecular weight excluding hydrogens is 400 g/mol. The molecule has 7 heteroatoms. The molecular formula is C23H30N2O4S. The molecule has 0 radical (unpaired) electrons. The van der Waals surface area contributed by atoms with E-state index >= 15 is 0 Å². The highest BCUT2D eigenvalue weighted by molar-refractivity contribution is 7.90. The fourth-order valence-corrected chi connectivity index (χ4v) is 3.65. The van der Waals surface area contributed by atoms with E-state index in [0.717, 1.165) is 18.2 Å². The largest absolute Gasteiger partial charge is 0.340 e. The Morgan fingerprint density at radius 1 is 1.07 bits per heavy atom. The zero-order chi connectivity index (χ0) is 22.3. The molecule has 0 aromatic heterocycles. The summed E-state index contributed by atoms with van der Waals surface area (Å²) in [6.45, 7) is 6.12. The van der Waals surface area contributed by atoms with Gasteiger partial charge in [-0.1, -0.05) is 43.7 Å². The third-order valence-electron chi connectivity index (χ3n) is 5.04. The maximum Gasteiger partial charge on any atom is 0.251 e. The van der Waals surface area contributed by atoms with Crippen LogP contribution >= 0.6 is 0 Å². The van der Waals surface area contributed by atoms with E-state index in [0.29, 0.717) is 17.2 Å². The Balaban J connectivity index is 2.14. The fraction of sp³-hybridized carbons (Fsp3) is 0.391. The van der Waals surface area contributed by atoms with Crippen LogP contribution < -0.4 is 10.6 Å². The van der Waals surface area contributed by atoms with Crippen LogP contribution in [0.5, 0.6) is 0 Å². The number of carbonyl (C=O) groups is 2. The molecule has 0 aliphatic heterocycles. The zero-order valence-corrected chi connectivity index (χ0v) is 18.8. The Labute approximate surface area is 179 Å². The van der Waals surface area contributed by atoms with Crippen molar-refractivity contribution in [2.75, 3.05) is 17.3 Å². The van der Waals surface area contributed by atoms with Crippen molar-refractivity contribution in [1.82, 2.24) is 5.32 Å². The molecule has 0 fully saturated rings. The molecule has 2 aromatic rings. The third kappa shape index (κ3) is 7.30. The van der Waals surface area contributed by atoms with Gasteiger partial charge in [0.2, 0.25) is 5.91 Å². The Hall–Kier alpha value is -2.67. The molecule has 0 saturated carbocycles. The van der Waals surface area contributed by atoms with E-state index in [1.54, 1.807) is 18.2 Å². The highest BCUT2D eigenvalue weighted by Gasteiger charge is 2.23. The summed E-state index contributed by atoms with van der Waals surface area (Å²) in [6.07, 6.45) is 2.12. The van der Waals surface area contributed by atoms with E-state index in [2.05, 4.69) is 24.5 Å². The highest BCUT2D eigenvalue weighted by Crippen LogP contribution is 2.20. The van der Waals surface area contributed by atoms with Crippen LogP contribution in [0.15, 0.2) is 48.5 Å². The molecule has 6 nitrogen and oxygen atoms in total. The minimum atomic E-state index is -3.28. The third-order valence-corrected chi connectivity index (χ3v) is 6.02. The predicted octanol–water partition coefficient (Wildman–Crippen LogP) is 3.68. The molecule has 2 atom stereocenters. The normalized spacial score (nSPS) is 13.3. The minimum Gasteiger partial charge on any atom is -0.340 e. The first-order valence-electron chi connectivity index (χ1n) is 10.0. The van der Waals surface area contributed by atoms with Gasteiger partial charge >= 0.3 is 0 Å². The van der Waals surface area contributed by atoms with E-state index in [4.69, 9.17) is 0 Å². The molecule has 0 bridgehead atoms. The van der Waals surface area contributed by atoms with Gasteiger partial charge in [0.25, 0.3) is 5.91 Å². The number of carbonyl (C=O) groups excluding carboxylic acids is 2. The second-order valence-electron chi connectivity index (χ2n) is 7.73. The first-order chi connectivity index (χ1) is 14.1. The van der Waals surface area contributed by atoms with Gasteiger partial charge in [-0.2, -0.15) is 0 Å². The second-order valence-corrected chi connectivity index (χ2v) is 9.99. The number of aryl methyl sites for hydroxylation is 1. The van der Waals surface area contributed by atoms with E-state index < -0.39 is 27.7 Å². The van der Waals surface area contributed by atoms with E-state index in [1.807, 2.05) is 37.3 Å². The summed E-state index contributed by atoms with van der Waals surface area (Å²) in [5.74, 6) is -0.645. The SMILES string of the molecule is CC[C@@H](C)c1ccc(NC(=O)[C@H](CCS(C)(=O)=O)NC(=O)c2cccc(C)c2)cc1. The molecule has 2 rings (SSSR count). The van der Waals surface area contributed by atoms with E-state index in [9.17, 15) is 18.0 Å². The van der Waals surface area contributed by atoms with Gasteiger partial charge in [-0.3, -0.25) is 9.59 Å². The monoisotopic (exact) mass is 430 g/mol. The van der Waals surface area contributed by atoms with Crippen LogP contribution in [0.25, 0.3) is 0 Å². The summed E-state index contributed by atoms with van der Waals surface area (Å²) in [6, 6.07) is 13.6. The molecule has 0 unspecified atom stereocenters. The number of anilines is 1. The van der Waals surface area contributed by atoms with Gasteiger partial charge in [-0.05, 0) is 55.5 Å². The lowest BCUT2D eigenvalue weighted by Gasteiger charge is -2.19. The first kappa shape index (κ1) is 23.6. The number of hydrogen-bond acceptors (Lipinski definition) is 4. The van der Waals surface area contributed by atoms with Gasteiger partial charge in [0.15, 0.2) is 0 Å². The number of hydrogen-bond donors (Lipinski definition) is 2. The van der Waals surface area contributed by atoms with Crippen molar-refractivity contribution in [3.8, 4) is 0 Å². The van der Waals surface area contributed by atoms with Gasteiger partial charge in [-0.25, -0.2) is 8.42 Å². The lowest BCUT2D eigenvalue weighted by atomic mass is 9.98. The molecule has 2 amide bonds. The molecule has 2 N–H and O–H groups in total. The standard InChI is InChI=1S/C23H30N2O4S/c1-5-17(3)18-9-11-20(12-10-18)24-23(27)21(13-14-30(4,28)29)25-22(26)19-8-6-7-16(2)15-19/h6-12,15,17,21H,5,13-14H2,1-4H3,(H,24,27)(H,25,26)/t17-,21+/m1/s1. The highest BCUT2D eigenvalue weighted by atomic mass is 32.2. The van der Waals surface area contributed by atoms with Gasteiger partial charge < -0.3 is 10.6 Å². The van der Waals surface area contributed by atoms with Crippen molar-refractivity contribution in [1.29, 1.82) is 0 Å². The maximum absolute atomic E-state index is 12.8. The Kier molecular flexibility index (Phi) is 8.17. The van der Waals surface area contributed by atoms with Gasteiger partial charge in [0.05, 0.1) is 5.75 Å². The minimum absolute atomic E-state index is 0.00677. The van der Waals surface area contributed by atoms with Crippen molar-refractivity contribution in [2.45, 2.75) is 45.6 Å². The Bertz CT molecular complexity index is 985. The number of rotatable bonds is 9. The van der Waals surface area contributed by atoms with Crippen molar-refractivity contribution in [3.05, 3.63) is 65.2 Å². The van der Waals surface area contributed by atoms with Crippen molar-refractivity contribution < 1.29 is 18.0 Å². The van der Waals surface area contributed by atoms with Crippen LogP contribution in [0.3, 0.4) is 0 Å². The van der Waals surface area contributed by atoms with Crippen LogP contribution in [-0.4, -0.2) is 38.3 Å². The number of amides is 2. The van der Waals surface area contributed by atoms with Crippen LogP contribution in [0.1, 0.15) is 54.1 Å². The smallest absolute Gasteiger partial charge is 0.251 e. The molecule has 162 valence electrons. The van der Waals surface area contributed by atoms with Crippen LogP contribution in [-0.2, 0) is 14.6 Å². The Morgan fingerprint density at radius 3 is 2.30 bits per heavy atom. The van der Waals surface area contributed by atoms with Crippen molar-refractivity contribution >= 4 is 27.3 Å². The summed E-state index contributed by atoms with van der Waals surface area (Å²) < 4.78 is 23.2. The van der Waals surface area contributed by atoms with Gasteiger partial charge in [-0.15, -0.1) is 0 Å². The molecule has 30 heavy (non-hydrogen) atoms. The average molecular weight is 431 g/mol. The fourth-order valence-electron chi connectivity index (χ4n) is 2.99. The van der Waals surface area contributed by atoms with Crippen LogP contribution in [0.2, 0.25) is 0 Å². The summed E-state index contributed by atoms with van der Waals surface area (Å²) in [5.41, 5.74) is 3.12. The molecule has 0 heterocycles. The quantitative estimate of drug-likeness (QED) is 0.635. The summed E-state index contributed by atoms with van der Waals surface area (Å²) in [7, 11) is -3.28. The van der Waals surface area contributed by atoms with E-state index in [1.165, 1.54) is 5.56 Å². The second kappa shape index (κ2) is 10.4. The maximum atomic E-state index is 12.8. The molecule has 0 aliphatic carbocycles. The van der Waals surface area contributed by atoms with E-state index in [-0.39, 0.29) is 12.2 Å². The molecule has 2 aromatic carbocycles. The predicted molar refractivity (Wildman–Crippen MR) is 121 cm³/mol. The summed E-state index contributed by atoms with van der Waals surface area (Å²) in [5, 5.41) is 5.46. The lowest BCUT2D eigenvalue weighted by molar-refractivity contribution is -0.118. The lowest BCUT2D eigenvalue weighted by Crippen LogP contribution is -2.44. The topological polar surface area (TPSA) is 92.3 Å². The van der Waals surface area contributed by atoms with Crippen molar-refractivity contribution in [2.24, 2.45) is 0 Å². The molecule has 0 aliphatic rings. The van der Waals surface area contributed by atoms with Crippen LogP contribution in [0.4, 0.5) is 5.69 Å². The summed E-state index contributed by atoms with van der Waals surface area (Å²) >= 11 is 0. The van der Waals surface area contributed by atoms with Gasteiger partial charge in [0.1, 0.15) is 15.9 Å². The average Bonchev–Trinajstić information content (AvgIpc) is 2.70. The number of nitrogens with one attached hydrogen (secondary N) is 2. The summed E-state index contributed by atoms with van der Waals surface area (Å²) in [4.78, 5) is 25.4. The van der Waals surface area contributed by atoms with Crippen molar-refractivity contribution in [3.63, 3.8) is 0 Å².